The molecule has 0 aromatic heterocycles. The predicted octanol–water partition coefficient (Wildman–Crippen LogP) is 3.43. The van der Waals surface area contributed by atoms with Crippen molar-refractivity contribution in [2.45, 2.75) is 24.7 Å². The Morgan fingerprint density at radius 3 is 2.85 bits per heavy atom. The second kappa shape index (κ2) is 5.89. The molecule has 0 radical (unpaired) electrons. The van der Waals surface area contributed by atoms with Crippen LogP contribution in [0.5, 0.6) is 5.75 Å². The molecule has 0 aliphatic carbocycles. The summed E-state index contributed by atoms with van der Waals surface area (Å²) in [5, 5.41) is 0. The average Bonchev–Trinajstić information content (AvgIpc) is 2.19. The summed E-state index contributed by atoms with van der Waals surface area (Å²) >= 11 is 0.728. The number of hydrogen-bond acceptors (Lipinski definition) is 3. The molecule has 0 amide bonds. The van der Waals surface area contributed by atoms with Crippen molar-refractivity contribution in [3.63, 3.8) is 0 Å². The van der Waals surface area contributed by atoms with E-state index in [2.05, 4.69) is 6.92 Å². The zero-order valence-electron chi connectivity index (χ0n) is 7.69. The first-order valence-corrected chi connectivity index (χ1v) is 5.19. The molecule has 0 saturated heterocycles. The molecule has 0 atom stereocenters. The van der Waals surface area contributed by atoms with Gasteiger partial charge in [0.2, 0.25) is 0 Å². The second-order valence-corrected chi connectivity index (χ2v) is 3.36. The van der Waals surface area contributed by atoms with Gasteiger partial charge in [-0.2, -0.15) is 0 Å². The third-order valence-electron chi connectivity index (χ3n) is 1.70. The summed E-state index contributed by atoms with van der Waals surface area (Å²) in [5.74, 6) is 0.767. The van der Waals surface area contributed by atoms with Gasteiger partial charge in [0.05, 0.1) is 11.5 Å². The van der Waals surface area contributed by atoms with E-state index in [-0.39, 0.29) is 0 Å². The molecular formula is C10H14O2S. The molecule has 3 heteroatoms. The topological polar surface area (TPSA) is 29.5 Å². The Kier molecular flexibility index (Phi) is 4.72. The highest BCUT2D eigenvalue weighted by Gasteiger charge is 2.01. The van der Waals surface area contributed by atoms with Crippen LogP contribution in [0.1, 0.15) is 19.8 Å². The lowest BCUT2D eigenvalue weighted by Crippen LogP contribution is -1.97. The number of ether oxygens (including phenoxy) is 1. The Balaban J connectivity index is 2.54. The summed E-state index contributed by atoms with van der Waals surface area (Å²) < 4.78 is 14.4. The van der Waals surface area contributed by atoms with Crippen molar-refractivity contribution in [2.24, 2.45) is 0 Å². The molecule has 1 aromatic rings. The van der Waals surface area contributed by atoms with Crippen molar-refractivity contribution in [3.05, 3.63) is 24.3 Å². The lowest BCUT2D eigenvalue weighted by atomic mass is 10.3. The van der Waals surface area contributed by atoms with E-state index in [1.165, 1.54) is 0 Å². The van der Waals surface area contributed by atoms with Gasteiger partial charge in [-0.25, -0.2) is 0 Å². The SMILES string of the molecule is CCCCOc1ccccc1SO. The predicted molar refractivity (Wildman–Crippen MR) is 55.3 cm³/mol. The summed E-state index contributed by atoms with van der Waals surface area (Å²) in [6.45, 7) is 2.84. The molecule has 0 spiro atoms. The highest BCUT2D eigenvalue weighted by atomic mass is 32.2. The smallest absolute Gasteiger partial charge is 0.135 e. The minimum Gasteiger partial charge on any atom is -0.492 e. The Morgan fingerprint density at radius 1 is 1.38 bits per heavy atom. The quantitative estimate of drug-likeness (QED) is 0.580. The minimum absolute atomic E-state index is 0.716. The van der Waals surface area contributed by atoms with Crippen molar-refractivity contribution < 1.29 is 9.29 Å². The third-order valence-corrected chi connectivity index (χ3v) is 2.24. The fourth-order valence-corrected chi connectivity index (χ4v) is 1.33. The molecule has 1 aromatic carbocycles. The molecule has 0 heterocycles. The van der Waals surface area contributed by atoms with E-state index in [0.717, 1.165) is 35.5 Å². The van der Waals surface area contributed by atoms with Crippen LogP contribution in [0.2, 0.25) is 0 Å². The summed E-state index contributed by atoms with van der Waals surface area (Å²) in [5.41, 5.74) is 0. The first-order chi connectivity index (χ1) is 6.38. The highest BCUT2D eigenvalue weighted by Crippen LogP contribution is 2.26. The van der Waals surface area contributed by atoms with Crippen molar-refractivity contribution in [1.29, 1.82) is 0 Å². The fourth-order valence-electron chi connectivity index (χ4n) is 0.971. The van der Waals surface area contributed by atoms with Crippen LogP contribution in [-0.2, 0) is 0 Å². The van der Waals surface area contributed by atoms with Crippen LogP contribution in [0.25, 0.3) is 0 Å². The van der Waals surface area contributed by atoms with Crippen molar-refractivity contribution in [3.8, 4) is 5.75 Å². The molecule has 72 valence electrons. The largest absolute Gasteiger partial charge is 0.492 e. The summed E-state index contributed by atoms with van der Waals surface area (Å²) in [4.78, 5) is 0.776. The van der Waals surface area contributed by atoms with Gasteiger partial charge < -0.3 is 9.29 Å². The van der Waals surface area contributed by atoms with Gasteiger partial charge in [0.25, 0.3) is 0 Å². The number of unbranched alkanes of at least 4 members (excludes halogenated alkanes) is 1. The first-order valence-electron chi connectivity index (χ1n) is 4.41. The van der Waals surface area contributed by atoms with E-state index in [4.69, 9.17) is 9.29 Å². The number of benzene rings is 1. The highest BCUT2D eigenvalue weighted by molar-refractivity contribution is 7.93. The molecule has 0 aliphatic heterocycles. The maximum absolute atomic E-state index is 8.91. The Hall–Kier alpha value is -0.670. The summed E-state index contributed by atoms with van der Waals surface area (Å²) in [6.07, 6.45) is 2.17. The number of para-hydroxylation sites is 1. The lowest BCUT2D eigenvalue weighted by molar-refractivity contribution is 0.302. The van der Waals surface area contributed by atoms with Crippen LogP contribution in [0.4, 0.5) is 0 Å². The van der Waals surface area contributed by atoms with Crippen LogP contribution < -0.4 is 4.74 Å². The molecule has 1 N–H and O–H groups in total. The molecule has 0 aliphatic rings. The van der Waals surface area contributed by atoms with Gasteiger partial charge in [0.15, 0.2) is 0 Å². The monoisotopic (exact) mass is 198 g/mol. The van der Waals surface area contributed by atoms with E-state index < -0.39 is 0 Å². The van der Waals surface area contributed by atoms with Crippen LogP contribution >= 0.6 is 12.0 Å². The Labute approximate surface area is 83.1 Å². The molecule has 0 bridgehead atoms. The average molecular weight is 198 g/mol. The maximum Gasteiger partial charge on any atom is 0.135 e. The molecule has 13 heavy (non-hydrogen) atoms. The van der Waals surface area contributed by atoms with Crippen LogP contribution in [0.3, 0.4) is 0 Å². The summed E-state index contributed by atoms with van der Waals surface area (Å²) in [6, 6.07) is 7.49. The molecule has 0 unspecified atom stereocenters. The van der Waals surface area contributed by atoms with Gasteiger partial charge in [-0.05, 0) is 18.6 Å². The first kappa shape index (κ1) is 10.4. The maximum atomic E-state index is 8.91. The van der Waals surface area contributed by atoms with E-state index in [1.54, 1.807) is 0 Å². The fraction of sp³-hybridized carbons (Fsp3) is 0.400. The molecule has 2 nitrogen and oxygen atoms in total. The van der Waals surface area contributed by atoms with E-state index in [1.807, 2.05) is 24.3 Å². The third kappa shape index (κ3) is 3.28. The molecular weight excluding hydrogens is 184 g/mol. The van der Waals surface area contributed by atoms with E-state index in [0.29, 0.717) is 6.61 Å². The number of rotatable bonds is 5. The standard InChI is InChI=1S/C10H14O2S/c1-2-3-8-12-9-6-4-5-7-10(9)13-11/h4-7,11H,2-3,8H2,1H3. The molecule has 0 saturated carbocycles. The lowest BCUT2D eigenvalue weighted by Gasteiger charge is -2.07. The van der Waals surface area contributed by atoms with Gasteiger partial charge in [-0.15, -0.1) is 0 Å². The zero-order chi connectivity index (χ0) is 9.52. The van der Waals surface area contributed by atoms with E-state index in [9.17, 15) is 0 Å². The van der Waals surface area contributed by atoms with Gasteiger partial charge >= 0.3 is 0 Å². The second-order valence-electron chi connectivity index (χ2n) is 2.74. The van der Waals surface area contributed by atoms with Crippen molar-refractivity contribution in [2.75, 3.05) is 6.61 Å². The summed E-state index contributed by atoms with van der Waals surface area (Å²) in [7, 11) is 0. The normalized spacial score (nSPS) is 10.0. The van der Waals surface area contributed by atoms with Crippen LogP contribution in [0.15, 0.2) is 29.2 Å². The van der Waals surface area contributed by atoms with Gasteiger partial charge in [0.1, 0.15) is 5.75 Å². The van der Waals surface area contributed by atoms with E-state index >= 15 is 0 Å². The molecule has 1 rings (SSSR count). The van der Waals surface area contributed by atoms with Crippen LogP contribution in [-0.4, -0.2) is 11.2 Å². The number of hydrogen-bond donors (Lipinski definition) is 1. The van der Waals surface area contributed by atoms with Crippen LogP contribution in [0, 0.1) is 0 Å². The Bertz CT molecular complexity index is 250. The van der Waals surface area contributed by atoms with Gasteiger partial charge in [0, 0.05) is 12.0 Å². The minimum atomic E-state index is 0.716. The van der Waals surface area contributed by atoms with Crippen molar-refractivity contribution >= 4 is 12.0 Å². The van der Waals surface area contributed by atoms with Gasteiger partial charge in [-0.3, -0.25) is 0 Å². The Morgan fingerprint density at radius 2 is 2.15 bits per heavy atom. The van der Waals surface area contributed by atoms with Crippen molar-refractivity contribution in [1.82, 2.24) is 0 Å². The molecule has 0 fully saturated rings. The van der Waals surface area contributed by atoms with Gasteiger partial charge in [-0.1, -0.05) is 25.5 Å². The zero-order valence-corrected chi connectivity index (χ0v) is 8.51.